The summed E-state index contributed by atoms with van der Waals surface area (Å²) >= 11 is 0. The fourth-order valence-electron chi connectivity index (χ4n) is 6.05. The number of piperidine rings is 1. The number of benzene rings is 1. The maximum atomic E-state index is 14.3. The minimum atomic E-state index is -0.969. The summed E-state index contributed by atoms with van der Waals surface area (Å²) in [6.45, 7) is 6.81. The predicted molar refractivity (Wildman–Crippen MR) is 153 cm³/mol. The molecule has 10 heteroatoms. The monoisotopic (exact) mass is 571 g/mol. The Morgan fingerprint density at radius 1 is 1.12 bits per heavy atom. The van der Waals surface area contributed by atoms with Crippen LogP contribution in [0.2, 0.25) is 0 Å². The van der Waals surface area contributed by atoms with Gasteiger partial charge in [-0.05, 0) is 63.0 Å². The SMILES string of the molecule is CC[C@H]1CCCCN1C(=O)C[C@H](NC(=O)CCC(C)C)C(=O)N[C@H]1CCC[C@H]1c1ncc(-c2ccc(F)cc2F)[nH]1. The minimum absolute atomic E-state index is 0.0815. The van der Waals surface area contributed by atoms with Gasteiger partial charge in [-0.25, -0.2) is 13.8 Å². The highest BCUT2D eigenvalue weighted by molar-refractivity contribution is 5.92. The number of nitrogens with one attached hydrogen (secondary N) is 3. The van der Waals surface area contributed by atoms with Crippen LogP contribution in [0.4, 0.5) is 8.78 Å². The summed E-state index contributed by atoms with van der Waals surface area (Å²) < 4.78 is 27.7. The van der Waals surface area contributed by atoms with Crippen LogP contribution in [0, 0.1) is 17.6 Å². The van der Waals surface area contributed by atoms with Crippen LogP contribution in [0.3, 0.4) is 0 Å². The Balaban J connectivity index is 1.47. The molecule has 4 rings (SSSR count). The molecule has 8 nitrogen and oxygen atoms in total. The number of carbonyl (C=O) groups excluding carboxylic acids is 3. The molecule has 1 saturated heterocycles. The van der Waals surface area contributed by atoms with Crippen LogP contribution in [-0.4, -0.2) is 57.3 Å². The first kappa shape index (κ1) is 30.7. The number of carbonyl (C=O) groups is 3. The van der Waals surface area contributed by atoms with Crippen molar-refractivity contribution in [3.63, 3.8) is 0 Å². The number of hydrogen-bond acceptors (Lipinski definition) is 4. The highest BCUT2D eigenvalue weighted by atomic mass is 19.1. The second kappa shape index (κ2) is 14.0. The predicted octanol–water partition coefficient (Wildman–Crippen LogP) is 5.21. The van der Waals surface area contributed by atoms with Crippen molar-refractivity contribution in [2.24, 2.45) is 5.92 Å². The highest BCUT2D eigenvalue weighted by Crippen LogP contribution is 2.34. The van der Waals surface area contributed by atoms with E-state index in [1.54, 1.807) is 0 Å². The highest BCUT2D eigenvalue weighted by Gasteiger charge is 2.36. The van der Waals surface area contributed by atoms with Crippen LogP contribution in [0.1, 0.15) is 96.7 Å². The van der Waals surface area contributed by atoms with E-state index in [2.05, 4.69) is 27.5 Å². The second-order valence-corrected chi connectivity index (χ2v) is 11.9. The van der Waals surface area contributed by atoms with Gasteiger partial charge >= 0.3 is 0 Å². The van der Waals surface area contributed by atoms with Crippen molar-refractivity contribution in [1.29, 1.82) is 0 Å². The van der Waals surface area contributed by atoms with Gasteiger partial charge in [-0.1, -0.05) is 27.2 Å². The molecule has 1 aliphatic carbocycles. The number of hydrogen-bond donors (Lipinski definition) is 3. The third kappa shape index (κ3) is 7.92. The van der Waals surface area contributed by atoms with Gasteiger partial charge in [0.1, 0.15) is 23.5 Å². The Labute approximate surface area is 241 Å². The molecule has 3 amide bonds. The quantitative estimate of drug-likeness (QED) is 0.344. The van der Waals surface area contributed by atoms with Crippen LogP contribution >= 0.6 is 0 Å². The molecule has 4 atom stereocenters. The Kier molecular flexibility index (Phi) is 10.5. The topological polar surface area (TPSA) is 107 Å². The number of amides is 3. The van der Waals surface area contributed by atoms with E-state index in [4.69, 9.17) is 0 Å². The van der Waals surface area contributed by atoms with Crippen molar-refractivity contribution >= 4 is 17.7 Å². The van der Waals surface area contributed by atoms with Gasteiger partial charge in [0.15, 0.2) is 0 Å². The molecule has 2 aromatic rings. The fraction of sp³-hybridized carbons (Fsp3) is 0.613. The van der Waals surface area contributed by atoms with E-state index in [1.807, 2.05) is 18.7 Å². The van der Waals surface area contributed by atoms with E-state index >= 15 is 0 Å². The van der Waals surface area contributed by atoms with E-state index in [0.717, 1.165) is 44.6 Å². The average Bonchev–Trinajstić information content (AvgIpc) is 3.61. The van der Waals surface area contributed by atoms with Gasteiger partial charge < -0.3 is 20.5 Å². The molecule has 2 fully saturated rings. The summed E-state index contributed by atoms with van der Waals surface area (Å²) in [6.07, 6.45) is 8.59. The first-order valence-electron chi connectivity index (χ1n) is 15.1. The average molecular weight is 572 g/mol. The molecular formula is C31H43F2N5O3. The first-order valence-corrected chi connectivity index (χ1v) is 15.1. The lowest BCUT2D eigenvalue weighted by molar-refractivity contribution is -0.139. The molecule has 1 aromatic carbocycles. The molecule has 0 radical (unpaired) electrons. The molecule has 0 spiro atoms. The van der Waals surface area contributed by atoms with Crippen molar-refractivity contribution in [1.82, 2.24) is 25.5 Å². The molecule has 2 heterocycles. The fourth-order valence-corrected chi connectivity index (χ4v) is 6.05. The van der Waals surface area contributed by atoms with Gasteiger partial charge in [0.05, 0.1) is 18.3 Å². The van der Waals surface area contributed by atoms with Crippen LogP contribution in [0.25, 0.3) is 11.3 Å². The van der Waals surface area contributed by atoms with Crippen LogP contribution in [0.15, 0.2) is 24.4 Å². The van der Waals surface area contributed by atoms with Crippen LogP contribution in [0.5, 0.6) is 0 Å². The van der Waals surface area contributed by atoms with Gasteiger partial charge in [-0.2, -0.15) is 0 Å². The third-order valence-electron chi connectivity index (χ3n) is 8.41. The number of imidazole rings is 1. The molecule has 41 heavy (non-hydrogen) atoms. The lowest BCUT2D eigenvalue weighted by atomic mass is 9.98. The Morgan fingerprint density at radius 3 is 2.66 bits per heavy atom. The van der Waals surface area contributed by atoms with E-state index in [-0.39, 0.29) is 54.1 Å². The van der Waals surface area contributed by atoms with Crippen molar-refractivity contribution in [2.45, 2.75) is 109 Å². The molecule has 1 saturated carbocycles. The molecule has 0 bridgehead atoms. The molecule has 224 valence electrons. The summed E-state index contributed by atoms with van der Waals surface area (Å²) in [4.78, 5) is 49.2. The molecule has 2 aliphatic rings. The lowest BCUT2D eigenvalue weighted by Gasteiger charge is -2.36. The van der Waals surface area contributed by atoms with E-state index in [9.17, 15) is 23.2 Å². The van der Waals surface area contributed by atoms with Crippen LogP contribution in [-0.2, 0) is 14.4 Å². The van der Waals surface area contributed by atoms with Gasteiger partial charge in [0, 0.05) is 42.6 Å². The third-order valence-corrected chi connectivity index (χ3v) is 8.41. The molecule has 3 N–H and O–H groups in total. The van der Waals surface area contributed by atoms with E-state index in [1.165, 1.54) is 18.3 Å². The summed E-state index contributed by atoms with van der Waals surface area (Å²) in [5.41, 5.74) is 0.650. The number of aromatic amines is 1. The number of likely N-dealkylation sites (tertiary alicyclic amines) is 1. The summed E-state index contributed by atoms with van der Waals surface area (Å²) in [5.74, 6) is -1.26. The maximum Gasteiger partial charge on any atom is 0.243 e. The largest absolute Gasteiger partial charge is 0.351 e. The number of nitrogens with zero attached hydrogens (tertiary/aromatic N) is 2. The molecule has 1 aromatic heterocycles. The van der Waals surface area contributed by atoms with Crippen molar-refractivity contribution in [3.8, 4) is 11.3 Å². The van der Waals surface area contributed by atoms with Gasteiger partial charge in [0.25, 0.3) is 0 Å². The normalized spacial score (nSPS) is 21.6. The van der Waals surface area contributed by atoms with Gasteiger partial charge in [-0.15, -0.1) is 0 Å². The zero-order chi connectivity index (χ0) is 29.5. The summed E-state index contributed by atoms with van der Waals surface area (Å²) in [5, 5.41) is 5.94. The smallest absolute Gasteiger partial charge is 0.243 e. The molecular weight excluding hydrogens is 528 g/mol. The van der Waals surface area contributed by atoms with Gasteiger partial charge in [0.2, 0.25) is 17.7 Å². The Morgan fingerprint density at radius 2 is 1.93 bits per heavy atom. The van der Waals surface area contributed by atoms with E-state index < -0.39 is 17.7 Å². The molecule has 1 aliphatic heterocycles. The second-order valence-electron chi connectivity index (χ2n) is 11.9. The van der Waals surface area contributed by atoms with Crippen molar-refractivity contribution in [2.75, 3.05) is 6.54 Å². The standard InChI is InChI=1S/C31H43F2N5O3/c1-4-21-8-5-6-15-38(21)29(40)17-26(35-28(39)14-11-19(2)3)31(41)37-25-10-7-9-23(25)30-34-18-27(36-30)22-13-12-20(32)16-24(22)33/h12-13,16,18-19,21,23,25-26H,4-11,14-15,17H2,1-3H3,(H,34,36)(H,35,39)(H,37,41)/t21-,23+,25-,26-/m0/s1. The number of aromatic nitrogens is 2. The number of H-pyrrole nitrogens is 1. The summed E-state index contributed by atoms with van der Waals surface area (Å²) in [6, 6.07) is 2.32. The first-order chi connectivity index (χ1) is 19.7. The number of halogens is 2. The summed E-state index contributed by atoms with van der Waals surface area (Å²) in [7, 11) is 0. The Hall–Kier alpha value is -3.30. The zero-order valence-electron chi connectivity index (χ0n) is 24.3. The van der Waals surface area contributed by atoms with Gasteiger partial charge in [-0.3, -0.25) is 14.4 Å². The lowest BCUT2D eigenvalue weighted by Crippen LogP contribution is -2.53. The minimum Gasteiger partial charge on any atom is -0.351 e. The van der Waals surface area contributed by atoms with Crippen LogP contribution < -0.4 is 10.6 Å². The molecule has 0 unspecified atom stereocenters. The maximum absolute atomic E-state index is 14.3. The van der Waals surface area contributed by atoms with E-state index in [0.29, 0.717) is 36.8 Å². The number of rotatable bonds is 11. The Bertz CT molecular complexity index is 1220. The van der Waals surface area contributed by atoms with Crippen molar-refractivity contribution in [3.05, 3.63) is 41.9 Å². The zero-order valence-corrected chi connectivity index (χ0v) is 24.3. The van der Waals surface area contributed by atoms with Crippen molar-refractivity contribution < 1.29 is 23.2 Å².